The molecule has 1 aromatic carbocycles. The second-order valence-corrected chi connectivity index (χ2v) is 4.57. The number of hydrogen-bond acceptors (Lipinski definition) is 2. The molecule has 2 heteroatoms. The molecular formula is C15H18O2. The van der Waals surface area contributed by atoms with Gasteiger partial charge < -0.3 is 9.52 Å². The molecule has 17 heavy (non-hydrogen) atoms. The van der Waals surface area contributed by atoms with Crippen LogP contribution in [0.25, 0.3) is 0 Å². The summed E-state index contributed by atoms with van der Waals surface area (Å²) in [6, 6.07) is 7.94. The molecule has 0 saturated carbocycles. The van der Waals surface area contributed by atoms with Crippen LogP contribution in [-0.4, -0.2) is 5.11 Å². The predicted molar refractivity (Wildman–Crippen MR) is 68.2 cm³/mol. The number of aryl methyl sites for hydroxylation is 3. The average molecular weight is 230 g/mol. The molecule has 1 atom stereocenters. The molecule has 2 aromatic rings. The van der Waals surface area contributed by atoms with Crippen molar-refractivity contribution in [3.8, 4) is 0 Å². The van der Waals surface area contributed by atoms with Gasteiger partial charge in [0.1, 0.15) is 17.6 Å². The van der Waals surface area contributed by atoms with Crippen LogP contribution in [-0.2, 0) is 0 Å². The molecule has 0 saturated heterocycles. The standard InChI is InChI=1S/C15H18O2/c1-9-6-5-7-13(8-9)15(16)14-10(2)11(3)17-12(14)4/h5-8,15-16H,1-4H3. The normalized spacial score (nSPS) is 12.8. The SMILES string of the molecule is Cc1cccc(C(O)c2c(C)oc(C)c2C)c1. The van der Waals surface area contributed by atoms with E-state index in [1.54, 1.807) is 0 Å². The lowest BCUT2D eigenvalue weighted by molar-refractivity contribution is 0.217. The van der Waals surface area contributed by atoms with E-state index >= 15 is 0 Å². The highest BCUT2D eigenvalue weighted by molar-refractivity contribution is 5.39. The minimum atomic E-state index is -0.604. The van der Waals surface area contributed by atoms with Crippen LogP contribution in [0.15, 0.2) is 28.7 Å². The summed E-state index contributed by atoms with van der Waals surface area (Å²) < 4.78 is 5.56. The smallest absolute Gasteiger partial charge is 0.108 e. The van der Waals surface area contributed by atoms with Crippen LogP contribution >= 0.6 is 0 Å². The van der Waals surface area contributed by atoms with Gasteiger partial charge in [0, 0.05) is 5.56 Å². The van der Waals surface area contributed by atoms with E-state index in [0.29, 0.717) is 0 Å². The molecule has 2 rings (SSSR count). The lowest BCUT2D eigenvalue weighted by atomic mass is 9.97. The van der Waals surface area contributed by atoms with Crippen molar-refractivity contribution in [1.29, 1.82) is 0 Å². The molecule has 0 fully saturated rings. The Labute approximate surface area is 102 Å². The average Bonchev–Trinajstić information content (AvgIpc) is 2.52. The first-order valence-electron chi connectivity index (χ1n) is 5.82. The van der Waals surface area contributed by atoms with Crippen molar-refractivity contribution < 1.29 is 9.52 Å². The number of aliphatic hydroxyl groups is 1. The summed E-state index contributed by atoms with van der Waals surface area (Å²) in [5.41, 5.74) is 4.00. The third kappa shape index (κ3) is 2.13. The summed E-state index contributed by atoms with van der Waals surface area (Å²) in [7, 11) is 0. The molecule has 0 spiro atoms. The number of furan rings is 1. The molecule has 2 nitrogen and oxygen atoms in total. The van der Waals surface area contributed by atoms with Crippen LogP contribution in [0.3, 0.4) is 0 Å². The van der Waals surface area contributed by atoms with Gasteiger partial charge in [0.15, 0.2) is 0 Å². The molecule has 1 aromatic heterocycles. The van der Waals surface area contributed by atoms with Crippen molar-refractivity contribution in [3.63, 3.8) is 0 Å². The van der Waals surface area contributed by atoms with E-state index in [9.17, 15) is 5.11 Å². The summed E-state index contributed by atoms with van der Waals surface area (Å²) in [5.74, 6) is 1.68. The van der Waals surface area contributed by atoms with Gasteiger partial charge in [-0.3, -0.25) is 0 Å². The van der Waals surface area contributed by atoms with Crippen LogP contribution in [0.4, 0.5) is 0 Å². The van der Waals surface area contributed by atoms with Gasteiger partial charge in [-0.25, -0.2) is 0 Å². The van der Waals surface area contributed by atoms with E-state index in [1.807, 2.05) is 52.0 Å². The zero-order valence-electron chi connectivity index (χ0n) is 10.7. The first-order valence-corrected chi connectivity index (χ1v) is 5.82. The molecule has 0 aliphatic rings. The van der Waals surface area contributed by atoms with Crippen molar-refractivity contribution in [2.75, 3.05) is 0 Å². The zero-order valence-corrected chi connectivity index (χ0v) is 10.7. The Hall–Kier alpha value is -1.54. The highest BCUT2D eigenvalue weighted by atomic mass is 16.3. The first-order chi connectivity index (χ1) is 8.00. The van der Waals surface area contributed by atoms with E-state index in [1.165, 1.54) is 0 Å². The maximum absolute atomic E-state index is 10.4. The third-order valence-electron chi connectivity index (χ3n) is 3.25. The van der Waals surface area contributed by atoms with Gasteiger partial charge in [-0.1, -0.05) is 29.8 Å². The number of aliphatic hydroxyl groups excluding tert-OH is 1. The van der Waals surface area contributed by atoms with Gasteiger partial charge in [-0.15, -0.1) is 0 Å². The fraction of sp³-hybridized carbons (Fsp3) is 0.333. The Balaban J connectivity index is 2.47. The van der Waals surface area contributed by atoms with Crippen LogP contribution in [0.5, 0.6) is 0 Å². The minimum absolute atomic E-state index is 0.604. The van der Waals surface area contributed by atoms with Gasteiger partial charge in [0.25, 0.3) is 0 Å². The van der Waals surface area contributed by atoms with Crippen molar-refractivity contribution in [2.45, 2.75) is 33.8 Å². The number of benzene rings is 1. The van der Waals surface area contributed by atoms with E-state index in [4.69, 9.17) is 4.42 Å². The second kappa shape index (κ2) is 4.38. The Morgan fingerprint density at radius 2 is 1.76 bits per heavy atom. The van der Waals surface area contributed by atoms with E-state index in [2.05, 4.69) is 0 Å². The molecule has 0 aliphatic carbocycles. The largest absolute Gasteiger partial charge is 0.466 e. The summed E-state index contributed by atoms with van der Waals surface area (Å²) in [6.07, 6.45) is -0.604. The monoisotopic (exact) mass is 230 g/mol. The Morgan fingerprint density at radius 1 is 1.06 bits per heavy atom. The van der Waals surface area contributed by atoms with Crippen LogP contribution in [0.1, 0.15) is 39.9 Å². The topological polar surface area (TPSA) is 33.4 Å². The van der Waals surface area contributed by atoms with Gasteiger partial charge in [0.2, 0.25) is 0 Å². The van der Waals surface area contributed by atoms with Gasteiger partial charge in [-0.2, -0.15) is 0 Å². The highest BCUT2D eigenvalue weighted by Crippen LogP contribution is 2.31. The highest BCUT2D eigenvalue weighted by Gasteiger charge is 2.20. The van der Waals surface area contributed by atoms with E-state index in [0.717, 1.165) is 33.8 Å². The maximum atomic E-state index is 10.4. The third-order valence-corrected chi connectivity index (χ3v) is 3.25. The summed E-state index contributed by atoms with van der Waals surface area (Å²) in [5, 5.41) is 10.4. The number of rotatable bonds is 2. The van der Waals surface area contributed by atoms with E-state index < -0.39 is 6.10 Å². The van der Waals surface area contributed by atoms with E-state index in [-0.39, 0.29) is 0 Å². The second-order valence-electron chi connectivity index (χ2n) is 4.57. The fourth-order valence-corrected chi connectivity index (χ4v) is 2.22. The fourth-order valence-electron chi connectivity index (χ4n) is 2.22. The molecule has 1 heterocycles. The molecule has 90 valence electrons. The molecule has 1 unspecified atom stereocenters. The molecule has 0 aliphatic heterocycles. The quantitative estimate of drug-likeness (QED) is 0.855. The van der Waals surface area contributed by atoms with Gasteiger partial charge in [-0.05, 0) is 38.8 Å². The summed E-state index contributed by atoms with van der Waals surface area (Å²) >= 11 is 0. The first kappa shape index (κ1) is 11.9. The van der Waals surface area contributed by atoms with Crippen LogP contribution < -0.4 is 0 Å². The van der Waals surface area contributed by atoms with Gasteiger partial charge >= 0.3 is 0 Å². The molecule has 0 radical (unpaired) electrons. The predicted octanol–water partition coefficient (Wildman–Crippen LogP) is 3.59. The van der Waals surface area contributed by atoms with Crippen LogP contribution in [0.2, 0.25) is 0 Å². The molecular weight excluding hydrogens is 212 g/mol. The number of hydrogen-bond donors (Lipinski definition) is 1. The van der Waals surface area contributed by atoms with Crippen molar-refractivity contribution >= 4 is 0 Å². The lowest BCUT2D eigenvalue weighted by Gasteiger charge is -2.12. The zero-order chi connectivity index (χ0) is 12.6. The maximum Gasteiger partial charge on any atom is 0.108 e. The summed E-state index contributed by atoms with van der Waals surface area (Å²) in [6.45, 7) is 7.83. The Bertz CT molecular complexity index is 538. The molecule has 0 amide bonds. The lowest BCUT2D eigenvalue weighted by Crippen LogP contribution is -2.02. The molecule has 1 N–H and O–H groups in total. The molecule has 0 bridgehead atoms. The Kier molecular flexibility index (Phi) is 3.07. The van der Waals surface area contributed by atoms with Crippen molar-refractivity contribution in [2.24, 2.45) is 0 Å². The van der Waals surface area contributed by atoms with Gasteiger partial charge in [0.05, 0.1) is 0 Å². The summed E-state index contributed by atoms with van der Waals surface area (Å²) in [4.78, 5) is 0. The Morgan fingerprint density at radius 3 is 2.29 bits per heavy atom. The van der Waals surface area contributed by atoms with Crippen LogP contribution in [0, 0.1) is 27.7 Å². The minimum Gasteiger partial charge on any atom is -0.466 e. The van der Waals surface area contributed by atoms with Crippen molar-refractivity contribution in [3.05, 3.63) is 58.0 Å². The van der Waals surface area contributed by atoms with Crippen molar-refractivity contribution in [1.82, 2.24) is 0 Å².